The maximum Gasteiger partial charge on any atom is 0.408 e. The maximum absolute atomic E-state index is 11.8. The zero-order chi connectivity index (χ0) is 15.4. The Morgan fingerprint density at radius 2 is 1.70 bits per heavy atom. The van der Waals surface area contributed by atoms with Crippen molar-refractivity contribution in [2.45, 2.75) is 83.5 Å². The molecule has 118 valence electrons. The number of ether oxygens (including phenoxy) is 1. The Balaban J connectivity index is 2.32. The van der Waals surface area contributed by atoms with Crippen LogP contribution in [0.1, 0.15) is 60.3 Å². The average molecular weight is 285 g/mol. The predicted molar refractivity (Wildman–Crippen MR) is 81.7 cm³/mol. The number of nitrogens with one attached hydrogen (secondary N) is 2. The second-order valence-corrected chi connectivity index (χ2v) is 7.50. The molecule has 0 aromatic carbocycles. The first-order valence-electron chi connectivity index (χ1n) is 7.57. The largest absolute Gasteiger partial charge is 0.444 e. The summed E-state index contributed by atoms with van der Waals surface area (Å²) in [5.74, 6) is 0. The van der Waals surface area contributed by atoms with Crippen LogP contribution in [0.2, 0.25) is 0 Å². The molecule has 1 saturated carbocycles. The van der Waals surface area contributed by atoms with Crippen molar-refractivity contribution in [3.8, 4) is 0 Å². The van der Waals surface area contributed by atoms with Crippen molar-refractivity contribution < 1.29 is 9.53 Å². The first-order chi connectivity index (χ1) is 9.07. The van der Waals surface area contributed by atoms with Crippen molar-refractivity contribution in [1.29, 1.82) is 0 Å². The van der Waals surface area contributed by atoms with Gasteiger partial charge in [-0.2, -0.15) is 0 Å². The Labute approximate surface area is 123 Å². The molecule has 0 atom stereocenters. The third kappa shape index (κ3) is 7.10. The minimum Gasteiger partial charge on any atom is -0.444 e. The molecule has 0 aliphatic heterocycles. The molecule has 1 aliphatic carbocycles. The summed E-state index contributed by atoms with van der Waals surface area (Å²) in [4.78, 5) is 11.8. The lowest BCUT2D eigenvalue weighted by Crippen LogP contribution is -2.53. The molecule has 0 heterocycles. The number of rotatable bonds is 4. The van der Waals surface area contributed by atoms with Crippen LogP contribution in [0.25, 0.3) is 0 Å². The van der Waals surface area contributed by atoms with E-state index >= 15 is 0 Å². The van der Waals surface area contributed by atoms with Crippen LogP contribution in [0, 0.1) is 0 Å². The van der Waals surface area contributed by atoms with Gasteiger partial charge in [-0.15, -0.1) is 0 Å². The zero-order valence-corrected chi connectivity index (χ0v) is 13.6. The van der Waals surface area contributed by atoms with E-state index < -0.39 is 5.60 Å². The number of carbonyl (C=O) groups excluding carboxylic acids is 1. The molecule has 0 bridgehead atoms. The number of hydrogen-bond acceptors (Lipinski definition) is 4. The van der Waals surface area contributed by atoms with Gasteiger partial charge in [-0.25, -0.2) is 4.79 Å². The van der Waals surface area contributed by atoms with Crippen molar-refractivity contribution in [1.82, 2.24) is 10.6 Å². The fraction of sp³-hybridized carbons (Fsp3) is 0.933. The molecular formula is C15H31N3O2. The van der Waals surface area contributed by atoms with Crippen LogP contribution < -0.4 is 16.4 Å². The van der Waals surface area contributed by atoms with Gasteiger partial charge in [-0.05, 0) is 60.3 Å². The summed E-state index contributed by atoms with van der Waals surface area (Å²) in [5.41, 5.74) is 5.11. The standard InChI is InChI=1S/C15H31N3O2/c1-14(2,3)20-13(19)18-15(4,5)10-17-12-8-6-11(16)7-9-12/h11-12,17H,6-10,16H2,1-5H3,(H,18,19). The SMILES string of the molecule is CC(C)(CNC1CCC(N)CC1)NC(=O)OC(C)(C)C. The van der Waals surface area contributed by atoms with Crippen molar-refractivity contribution >= 4 is 6.09 Å². The van der Waals surface area contributed by atoms with Gasteiger partial charge in [0, 0.05) is 18.6 Å². The Kier molecular flexibility index (Phi) is 5.83. The molecule has 1 fully saturated rings. The van der Waals surface area contributed by atoms with Crippen molar-refractivity contribution in [3.63, 3.8) is 0 Å². The van der Waals surface area contributed by atoms with Crippen LogP contribution in [-0.2, 0) is 4.74 Å². The molecule has 0 unspecified atom stereocenters. The summed E-state index contributed by atoms with van der Waals surface area (Å²) in [6, 6.07) is 0.871. The molecule has 1 amide bonds. The summed E-state index contributed by atoms with van der Waals surface area (Å²) in [7, 11) is 0. The van der Waals surface area contributed by atoms with E-state index in [2.05, 4.69) is 10.6 Å². The highest BCUT2D eigenvalue weighted by Crippen LogP contribution is 2.17. The molecule has 5 nitrogen and oxygen atoms in total. The Morgan fingerprint density at radius 3 is 2.20 bits per heavy atom. The first-order valence-corrected chi connectivity index (χ1v) is 7.57. The van der Waals surface area contributed by atoms with E-state index in [0.717, 1.165) is 32.2 Å². The van der Waals surface area contributed by atoms with E-state index in [1.165, 1.54) is 0 Å². The lowest BCUT2D eigenvalue weighted by atomic mass is 9.91. The molecule has 4 N–H and O–H groups in total. The van der Waals surface area contributed by atoms with Gasteiger partial charge in [-0.1, -0.05) is 0 Å². The molecule has 20 heavy (non-hydrogen) atoms. The Hall–Kier alpha value is -0.810. The highest BCUT2D eigenvalue weighted by Gasteiger charge is 2.26. The summed E-state index contributed by atoms with van der Waals surface area (Å²) in [6.07, 6.45) is 4.03. The second kappa shape index (κ2) is 6.76. The molecule has 0 spiro atoms. The molecule has 1 rings (SSSR count). The van der Waals surface area contributed by atoms with Gasteiger partial charge in [0.15, 0.2) is 0 Å². The zero-order valence-electron chi connectivity index (χ0n) is 13.6. The highest BCUT2D eigenvalue weighted by atomic mass is 16.6. The molecule has 0 aromatic rings. The van der Waals surface area contributed by atoms with Crippen LogP contribution in [0.3, 0.4) is 0 Å². The second-order valence-electron chi connectivity index (χ2n) is 7.50. The van der Waals surface area contributed by atoms with E-state index in [1.807, 2.05) is 34.6 Å². The van der Waals surface area contributed by atoms with Gasteiger partial charge in [0.2, 0.25) is 0 Å². The van der Waals surface area contributed by atoms with E-state index in [9.17, 15) is 4.79 Å². The maximum atomic E-state index is 11.8. The van der Waals surface area contributed by atoms with Crippen LogP contribution in [0.15, 0.2) is 0 Å². The quantitative estimate of drug-likeness (QED) is 0.740. The Morgan fingerprint density at radius 1 is 1.15 bits per heavy atom. The van der Waals surface area contributed by atoms with Gasteiger partial charge in [0.05, 0.1) is 5.54 Å². The molecule has 0 aromatic heterocycles. The van der Waals surface area contributed by atoms with E-state index in [-0.39, 0.29) is 11.6 Å². The number of hydrogen-bond donors (Lipinski definition) is 3. The topological polar surface area (TPSA) is 76.4 Å². The van der Waals surface area contributed by atoms with Crippen LogP contribution in [0.4, 0.5) is 4.79 Å². The van der Waals surface area contributed by atoms with Crippen LogP contribution >= 0.6 is 0 Å². The predicted octanol–water partition coefficient (Wildman–Crippen LogP) is 2.15. The third-order valence-electron chi connectivity index (χ3n) is 3.44. The van der Waals surface area contributed by atoms with Crippen LogP contribution in [0.5, 0.6) is 0 Å². The first kappa shape index (κ1) is 17.2. The summed E-state index contributed by atoms with van der Waals surface area (Å²) < 4.78 is 5.29. The van der Waals surface area contributed by atoms with E-state index in [0.29, 0.717) is 12.1 Å². The average Bonchev–Trinajstić information content (AvgIpc) is 2.24. The van der Waals surface area contributed by atoms with E-state index in [4.69, 9.17) is 10.5 Å². The number of carbonyl (C=O) groups is 1. The molecule has 0 radical (unpaired) electrons. The van der Waals surface area contributed by atoms with Crippen LogP contribution in [-0.4, -0.2) is 35.9 Å². The monoisotopic (exact) mass is 285 g/mol. The molecule has 5 heteroatoms. The summed E-state index contributed by atoms with van der Waals surface area (Å²) in [6.45, 7) is 10.3. The number of nitrogens with two attached hydrogens (primary N) is 1. The van der Waals surface area contributed by atoms with Gasteiger partial charge < -0.3 is 21.1 Å². The summed E-state index contributed by atoms with van der Waals surface area (Å²) >= 11 is 0. The molecular weight excluding hydrogens is 254 g/mol. The van der Waals surface area contributed by atoms with Gasteiger partial charge >= 0.3 is 6.09 Å². The normalized spacial score (nSPS) is 24.3. The minimum absolute atomic E-state index is 0.331. The third-order valence-corrected chi connectivity index (χ3v) is 3.44. The number of alkyl carbamates (subject to hydrolysis) is 1. The summed E-state index contributed by atoms with van der Waals surface area (Å²) in [5, 5.41) is 6.44. The van der Waals surface area contributed by atoms with Gasteiger partial charge in [-0.3, -0.25) is 0 Å². The lowest BCUT2D eigenvalue weighted by Gasteiger charge is -2.33. The highest BCUT2D eigenvalue weighted by molar-refractivity contribution is 5.68. The minimum atomic E-state index is -0.465. The van der Waals surface area contributed by atoms with Crippen molar-refractivity contribution in [2.75, 3.05) is 6.54 Å². The van der Waals surface area contributed by atoms with E-state index in [1.54, 1.807) is 0 Å². The van der Waals surface area contributed by atoms with Crippen molar-refractivity contribution in [2.24, 2.45) is 5.73 Å². The Bertz CT molecular complexity index is 316. The van der Waals surface area contributed by atoms with Crippen molar-refractivity contribution in [3.05, 3.63) is 0 Å². The molecule has 0 saturated heterocycles. The molecule has 1 aliphatic rings. The number of amides is 1. The smallest absolute Gasteiger partial charge is 0.408 e. The lowest BCUT2D eigenvalue weighted by molar-refractivity contribution is 0.0470. The van der Waals surface area contributed by atoms with Gasteiger partial charge in [0.25, 0.3) is 0 Å². The van der Waals surface area contributed by atoms with Gasteiger partial charge in [0.1, 0.15) is 5.60 Å². The fourth-order valence-electron chi connectivity index (χ4n) is 2.35. The fourth-order valence-corrected chi connectivity index (χ4v) is 2.35.